The van der Waals surface area contributed by atoms with Crippen molar-refractivity contribution in [3.8, 4) is 5.75 Å². The number of carboxylic acid groups (broad SMARTS) is 1. The van der Waals surface area contributed by atoms with Crippen LogP contribution in [0, 0.1) is 5.82 Å². The third kappa shape index (κ3) is 4.12. The number of rotatable bonds is 7. The van der Waals surface area contributed by atoms with Gasteiger partial charge in [0.2, 0.25) is 0 Å². The molecule has 0 radical (unpaired) electrons. The summed E-state index contributed by atoms with van der Waals surface area (Å²) in [5.74, 6) is -0.656. The summed E-state index contributed by atoms with van der Waals surface area (Å²) in [5, 5.41) is 15.7. The summed E-state index contributed by atoms with van der Waals surface area (Å²) >= 11 is 5.83. The van der Waals surface area contributed by atoms with Gasteiger partial charge in [-0.2, -0.15) is 0 Å². The van der Waals surface area contributed by atoms with Crippen molar-refractivity contribution in [3.05, 3.63) is 59.7 Å². The summed E-state index contributed by atoms with van der Waals surface area (Å²) < 4.78 is 18.7. The average molecular weight is 403 g/mol. The number of carbonyl (C=O) groups is 1. The van der Waals surface area contributed by atoms with Gasteiger partial charge in [0, 0.05) is 29.3 Å². The van der Waals surface area contributed by atoms with Crippen molar-refractivity contribution >= 4 is 45.7 Å². The SMILES string of the molecule is C=C(CNc1cc2c(Nc3ccc(F)c(Cl)c3)ncnc2cc1OC)C(=O)O. The van der Waals surface area contributed by atoms with E-state index in [1.807, 2.05) is 0 Å². The van der Waals surface area contributed by atoms with Crippen molar-refractivity contribution in [2.75, 3.05) is 24.3 Å². The van der Waals surface area contributed by atoms with E-state index >= 15 is 0 Å². The summed E-state index contributed by atoms with van der Waals surface area (Å²) in [6.07, 6.45) is 1.38. The number of halogens is 2. The van der Waals surface area contributed by atoms with Crippen LogP contribution in [0.1, 0.15) is 0 Å². The maximum Gasteiger partial charge on any atom is 0.332 e. The first-order valence-corrected chi connectivity index (χ1v) is 8.46. The molecule has 0 aliphatic rings. The normalized spacial score (nSPS) is 10.5. The number of ether oxygens (including phenoxy) is 1. The van der Waals surface area contributed by atoms with Crippen molar-refractivity contribution in [1.82, 2.24) is 9.97 Å². The van der Waals surface area contributed by atoms with Crippen LogP contribution in [0.4, 0.5) is 21.6 Å². The number of nitrogens with one attached hydrogen (secondary N) is 2. The van der Waals surface area contributed by atoms with Gasteiger partial charge in [-0.15, -0.1) is 0 Å². The van der Waals surface area contributed by atoms with E-state index in [0.29, 0.717) is 33.8 Å². The van der Waals surface area contributed by atoms with Crippen LogP contribution >= 0.6 is 11.6 Å². The van der Waals surface area contributed by atoms with Crippen LogP contribution in [-0.4, -0.2) is 34.7 Å². The van der Waals surface area contributed by atoms with Crippen LogP contribution < -0.4 is 15.4 Å². The number of nitrogens with zero attached hydrogens (tertiary/aromatic N) is 2. The monoisotopic (exact) mass is 402 g/mol. The molecule has 0 saturated carbocycles. The highest BCUT2D eigenvalue weighted by Gasteiger charge is 2.12. The van der Waals surface area contributed by atoms with Gasteiger partial charge in [0.25, 0.3) is 0 Å². The Labute approximate surface area is 164 Å². The van der Waals surface area contributed by atoms with Crippen molar-refractivity contribution in [2.24, 2.45) is 0 Å². The minimum Gasteiger partial charge on any atom is -0.495 e. The summed E-state index contributed by atoms with van der Waals surface area (Å²) in [4.78, 5) is 19.4. The Kier molecular flexibility index (Phi) is 5.60. The second-order valence-corrected chi connectivity index (χ2v) is 6.22. The van der Waals surface area contributed by atoms with Gasteiger partial charge in [-0.25, -0.2) is 19.2 Å². The van der Waals surface area contributed by atoms with E-state index in [2.05, 4.69) is 27.2 Å². The Balaban J connectivity index is 1.99. The van der Waals surface area contributed by atoms with Gasteiger partial charge < -0.3 is 20.5 Å². The van der Waals surface area contributed by atoms with Gasteiger partial charge in [-0.05, 0) is 24.3 Å². The number of carboxylic acids is 1. The van der Waals surface area contributed by atoms with E-state index in [1.165, 1.54) is 31.6 Å². The topological polar surface area (TPSA) is 96.4 Å². The van der Waals surface area contributed by atoms with E-state index in [1.54, 1.807) is 12.1 Å². The molecule has 3 N–H and O–H groups in total. The molecule has 0 fully saturated rings. The second-order valence-electron chi connectivity index (χ2n) is 5.81. The number of hydrogen-bond donors (Lipinski definition) is 3. The van der Waals surface area contributed by atoms with Crippen molar-refractivity contribution < 1.29 is 19.0 Å². The van der Waals surface area contributed by atoms with Gasteiger partial charge in [0.05, 0.1) is 23.3 Å². The molecule has 0 aliphatic carbocycles. The first kappa shape index (κ1) is 19.4. The highest BCUT2D eigenvalue weighted by molar-refractivity contribution is 6.31. The molecular weight excluding hydrogens is 387 g/mol. The molecule has 28 heavy (non-hydrogen) atoms. The molecule has 3 aromatic rings. The summed E-state index contributed by atoms with van der Waals surface area (Å²) in [6, 6.07) is 7.67. The average Bonchev–Trinajstić information content (AvgIpc) is 2.68. The Morgan fingerprint density at radius 1 is 1.32 bits per heavy atom. The lowest BCUT2D eigenvalue weighted by Crippen LogP contribution is -2.12. The highest BCUT2D eigenvalue weighted by atomic mass is 35.5. The zero-order valence-electron chi connectivity index (χ0n) is 14.8. The molecule has 0 amide bonds. The van der Waals surface area contributed by atoms with Crippen LogP contribution in [-0.2, 0) is 4.79 Å². The number of aliphatic carboxylic acids is 1. The number of aromatic nitrogens is 2. The third-order valence-electron chi connectivity index (χ3n) is 3.93. The van der Waals surface area contributed by atoms with E-state index in [0.717, 1.165) is 0 Å². The Hall–Kier alpha value is -3.39. The third-order valence-corrected chi connectivity index (χ3v) is 4.22. The number of benzene rings is 2. The maximum atomic E-state index is 13.4. The molecule has 3 rings (SSSR count). The first-order valence-electron chi connectivity index (χ1n) is 8.09. The molecule has 7 nitrogen and oxygen atoms in total. The lowest BCUT2D eigenvalue weighted by molar-refractivity contribution is -0.132. The molecule has 1 heterocycles. The van der Waals surface area contributed by atoms with Crippen LogP contribution in [0.5, 0.6) is 5.75 Å². The fraction of sp³-hybridized carbons (Fsp3) is 0.105. The Morgan fingerprint density at radius 2 is 2.11 bits per heavy atom. The van der Waals surface area contributed by atoms with Gasteiger partial charge >= 0.3 is 5.97 Å². The summed E-state index contributed by atoms with van der Waals surface area (Å²) in [6.45, 7) is 3.52. The maximum absolute atomic E-state index is 13.4. The van der Waals surface area contributed by atoms with Crippen LogP contribution in [0.25, 0.3) is 10.9 Å². The Morgan fingerprint density at radius 3 is 2.79 bits per heavy atom. The molecule has 2 aromatic carbocycles. The lowest BCUT2D eigenvalue weighted by atomic mass is 10.1. The number of methoxy groups -OCH3 is 1. The zero-order valence-corrected chi connectivity index (χ0v) is 15.5. The van der Waals surface area contributed by atoms with Crippen molar-refractivity contribution in [3.63, 3.8) is 0 Å². The molecule has 0 atom stereocenters. The minimum atomic E-state index is -1.09. The molecular formula is C19H16ClFN4O3. The summed E-state index contributed by atoms with van der Waals surface area (Å²) in [7, 11) is 1.50. The van der Waals surface area contributed by atoms with Crippen LogP contribution in [0.15, 0.2) is 48.8 Å². The molecule has 0 aliphatic heterocycles. The predicted octanol–water partition coefficient (Wildman–Crippen LogP) is 4.23. The highest BCUT2D eigenvalue weighted by Crippen LogP contribution is 2.33. The van der Waals surface area contributed by atoms with Gasteiger partial charge in [-0.3, -0.25) is 0 Å². The van der Waals surface area contributed by atoms with Crippen LogP contribution in [0.3, 0.4) is 0 Å². The molecule has 0 bridgehead atoms. The molecule has 0 saturated heterocycles. The van der Waals surface area contributed by atoms with Gasteiger partial charge in [0.1, 0.15) is 23.7 Å². The fourth-order valence-corrected chi connectivity index (χ4v) is 2.66. The number of anilines is 3. The molecule has 0 spiro atoms. The minimum absolute atomic E-state index is 0.00534. The van der Waals surface area contributed by atoms with Gasteiger partial charge in [-0.1, -0.05) is 18.2 Å². The van der Waals surface area contributed by atoms with E-state index in [-0.39, 0.29) is 17.1 Å². The quantitative estimate of drug-likeness (QED) is 0.509. The van der Waals surface area contributed by atoms with Crippen LogP contribution in [0.2, 0.25) is 5.02 Å². The fourth-order valence-electron chi connectivity index (χ4n) is 2.48. The van der Waals surface area contributed by atoms with E-state index in [9.17, 15) is 9.18 Å². The molecule has 1 aromatic heterocycles. The van der Waals surface area contributed by atoms with Crippen molar-refractivity contribution in [1.29, 1.82) is 0 Å². The molecule has 0 unspecified atom stereocenters. The second kappa shape index (κ2) is 8.10. The zero-order chi connectivity index (χ0) is 20.3. The first-order chi connectivity index (χ1) is 13.4. The number of hydrogen-bond acceptors (Lipinski definition) is 6. The lowest BCUT2D eigenvalue weighted by Gasteiger charge is -2.14. The largest absolute Gasteiger partial charge is 0.495 e. The smallest absolute Gasteiger partial charge is 0.332 e. The predicted molar refractivity (Wildman–Crippen MR) is 106 cm³/mol. The summed E-state index contributed by atoms with van der Waals surface area (Å²) in [5.41, 5.74) is 1.71. The molecule has 9 heteroatoms. The van der Waals surface area contributed by atoms with E-state index in [4.69, 9.17) is 21.4 Å². The van der Waals surface area contributed by atoms with E-state index < -0.39 is 11.8 Å². The van der Waals surface area contributed by atoms with Crippen molar-refractivity contribution in [2.45, 2.75) is 0 Å². The standard InChI is InChI=1S/C19H16ClFN4O3/c1-10(19(26)27)8-22-16-6-12-15(7-17(16)28-2)23-9-24-18(12)25-11-3-4-14(21)13(20)5-11/h3-7,9,22H,1,8H2,2H3,(H,26,27)(H,23,24,25). The molecule has 144 valence electrons. The number of fused-ring (bicyclic) bond motifs is 1. The van der Waals surface area contributed by atoms with Gasteiger partial charge in [0.15, 0.2) is 0 Å². The Bertz CT molecular complexity index is 1070.